The molecule has 3 aromatic heterocycles. The van der Waals surface area contributed by atoms with E-state index in [2.05, 4.69) is 50.1 Å². The average molecular weight is 397 g/mol. The van der Waals surface area contributed by atoms with Crippen LogP contribution < -0.4 is 10.5 Å². The highest BCUT2D eigenvalue weighted by atomic mass is 32.1. The van der Waals surface area contributed by atoms with Gasteiger partial charge in [-0.1, -0.05) is 35.9 Å². The molecule has 0 spiro atoms. The van der Waals surface area contributed by atoms with Crippen LogP contribution in [0.15, 0.2) is 52.0 Å². The Bertz CT molecular complexity index is 1110. The first-order valence-electron chi connectivity index (χ1n) is 8.96. The van der Waals surface area contributed by atoms with E-state index in [4.69, 9.17) is 4.98 Å². The van der Waals surface area contributed by atoms with Gasteiger partial charge in [0, 0.05) is 21.4 Å². The van der Waals surface area contributed by atoms with Crippen molar-refractivity contribution in [2.75, 3.05) is 7.05 Å². The van der Waals surface area contributed by atoms with E-state index < -0.39 is 0 Å². The normalized spacial score (nSPS) is 13.7. The van der Waals surface area contributed by atoms with Gasteiger partial charge in [-0.15, -0.1) is 22.7 Å². The van der Waals surface area contributed by atoms with E-state index in [1.165, 1.54) is 16.0 Å². The van der Waals surface area contributed by atoms with Crippen LogP contribution in [0.3, 0.4) is 0 Å². The van der Waals surface area contributed by atoms with Crippen molar-refractivity contribution >= 4 is 32.9 Å². The molecule has 0 aliphatic carbocycles. The summed E-state index contributed by atoms with van der Waals surface area (Å²) in [5, 5.41) is 4.77. The van der Waals surface area contributed by atoms with Crippen LogP contribution in [0.25, 0.3) is 20.7 Å². The van der Waals surface area contributed by atoms with E-state index in [0.29, 0.717) is 5.39 Å². The maximum Gasteiger partial charge on any atom is 0.260 e. The fraction of sp³-hybridized carbons (Fsp3) is 0.238. The van der Waals surface area contributed by atoms with Crippen LogP contribution in [-0.4, -0.2) is 17.0 Å². The summed E-state index contributed by atoms with van der Waals surface area (Å²) in [4.78, 5) is 23.8. The van der Waals surface area contributed by atoms with E-state index in [1.54, 1.807) is 22.7 Å². The number of hydrogen-bond donors (Lipinski definition) is 2. The fourth-order valence-corrected chi connectivity index (χ4v) is 4.97. The molecule has 2 atom stereocenters. The second kappa shape index (κ2) is 7.38. The lowest BCUT2D eigenvalue weighted by Gasteiger charge is -2.21. The third-order valence-corrected chi connectivity index (χ3v) is 6.78. The molecule has 2 N–H and O–H groups in total. The Balaban J connectivity index is 1.63. The van der Waals surface area contributed by atoms with E-state index >= 15 is 0 Å². The summed E-state index contributed by atoms with van der Waals surface area (Å²) in [6.45, 7) is 5.09. The molecule has 1 unspecified atom stereocenters. The maximum absolute atomic E-state index is 12.8. The first kappa shape index (κ1) is 18.1. The van der Waals surface area contributed by atoms with Crippen molar-refractivity contribution in [1.82, 2.24) is 9.97 Å². The predicted octanol–water partition coefficient (Wildman–Crippen LogP) is 3.80. The average Bonchev–Trinajstić information content (AvgIpc) is 3.32. The molecule has 6 heteroatoms. The summed E-state index contributed by atoms with van der Waals surface area (Å²) in [6.07, 6.45) is 0. The second-order valence-electron chi connectivity index (χ2n) is 6.99. The van der Waals surface area contributed by atoms with E-state index in [9.17, 15) is 4.79 Å². The molecule has 27 heavy (non-hydrogen) atoms. The molecule has 4 nitrogen and oxygen atoms in total. The van der Waals surface area contributed by atoms with Crippen molar-refractivity contribution in [3.05, 3.63) is 74.5 Å². The molecular formula is C21H22N3OS2+. The number of aromatic nitrogens is 2. The zero-order valence-electron chi connectivity index (χ0n) is 15.6. The van der Waals surface area contributed by atoms with Crippen LogP contribution in [0.2, 0.25) is 0 Å². The van der Waals surface area contributed by atoms with E-state index in [0.717, 1.165) is 27.6 Å². The molecule has 0 saturated carbocycles. The number of thiophene rings is 2. The van der Waals surface area contributed by atoms with Gasteiger partial charge >= 0.3 is 0 Å². The zero-order chi connectivity index (χ0) is 19.0. The lowest BCUT2D eigenvalue weighted by atomic mass is 10.1. The summed E-state index contributed by atoms with van der Waals surface area (Å²) >= 11 is 3.19. The van der Waals surface area contributed by atoms with Gasteiger partial charge in [0.1, 0.15) is 17.4 Å². The number of aromatic amines is 1. The molecule has 138 valence electrons. The molecule has 0 fully saturated rings. The number of benzene rings is 1. The van der Waals surface area contributed by atoms with E-state index in [-0.39, 0.29) is 11.6 Å². The van der Waals surface area contributed by atoms with Gasteiger partial charge < -0.3 is 9.88 Å². The van der Waals surface area contributed by atoms with Gasteiger partial charge in [-0.3, -0.25) is 4.79 Å². The molecule has 1 aromatic carbocycles. The minimum atomic E-state index is -0.0466. The Kier molecular flexibility index (Phi) is 4.95. The third kappa shape index (κ3) is 3.60. The minimum Gasteiger partial charge on any atom is -0.325 e. The molecule has 0 amide bonds. The van der Waals surface area contributed by atoms with Gasteiger partial charge in [0.15, 0.2) is 5.82 Å². The molecule has 0 bridgehead atoms. The van der Waals surface area contributed by atoms with Crippen LogP contribution in [0.4, 0.5) is 0 Å². The van der Waals surface area contributed by atoms with Gasteiger partial charge in [-0.05, 0) is 25.3 Å². The number of rotatable bonds is 5. The molecular weight excluding hydrogens is 374 g/mol. The van der Waals surface area contributed by atoms with Crippen molar-refractivity contribution in [3.63, 3.8) is 0 Å². The quantitative estimate of drug-likeness (QED) is 0.539. The topological polar surface area (TPSA) is 50.2 Å². The number of aryl methyl sites for hydroxylation is 1. The van der Waals surface area contributed by atoms with Crippen LogP contribution in [0, 0.1) is 6.92 Å². The summed E-state index contributed by atoms with van der Waals surface area (Å²) in [7, 11) is 2.14. The summed E-state index contributed by atoms with van der Waals surface area (Å²) in [5.41, 5.74) is 3.48. The molecule has 4 rings (SSSR count). The van der Waals surface area contributed by atoms with Crippen molar-refractivity contribution in [3.8, 4) is 10.4 Å². The maximum atomic E-state index is 12.8. The smallest absolute Gasteiger partial charge is 0.260 e. The minimum absolute atomic E-state index is 0.0466. The fourth-order valence-electron chi connectivity index (χ4n) is 3.20. The van der Waals surface area contributed by atoms with Gasteiger partial charge in [0.25, 0.3) is 5.56 Å². The first-order valence-corrected chi connectivity index (χ1v) is 10.7. The summed E-state index contributed by atoms with van der Waals surface area (Å²) in [6, 6.07) is 12.7. The van der Waals surface area contributed by atoms with Crippen LogP contribution in [0.1, 0.15) is 29.9 Å². The SMILES string of the molecule is Cc1ccc(C[NH+](C)[C@@H](C)c2nc3scc(-c4cccs4)c3c(=O)[nH]2)cc1. The molecule has 4 aromatic rings. The van der Waals surface area contributed by atoms with Crippen LogP contribution >= 0.6 is 22.7 Å². The molecule has 0 radical (unpaired) electrons. The highest BCUT2D eigenvalue weighted by Crippen LogP contribution is 2.33. The molecule has 0 aliphatic heterocycles. The Morgan fingerprint density at radius 2 is 1.96 bits per heavy atom. The van der Waals surface area contributed by atoms with Crippen LogP contribution in [-0.2, 0) is 6.54 Å². The summed E-state index contributed by atoms with van der Waals surface area (Å²) in [5.74, 6) is 0.747. The molecule has 3 heterocycles. The molecule has 0 aliphatic rings. The number of H-pyrrole nitrogens is 1. The standard InChI is InChI=1S/C21H21N3OS2/c1-13-6-8-15(9-7-13)11-24(3)14(2)19-22-20(25)18-16(12-27-21(18)23-19)17-5-4-10-26-17/h4-10,12,14H,11H2,1-3H3,(H,22,23,25)/p+1/t14-/m0/s1. The number of fused-ring (bicyclic) bond motifs is 1. The van der Waals surface area contributed by atoms with Crippen molar-refractivity contribution < 1.29 is 4.90 Å². The van der Waals surface area contributed by atoms with E-state index in [1.807, 2.05) is 22.9 Å². The second-order valence-corrected chi connectivity index (χ2v) is 8.79. The highest BCUT2D eigenvalue weighted by Gasteiger charge is 2.21. The predicted molar refractivity (Wildman–Crippen MR) is 114 cm³/mol. The van der Waals surface area contributed by atoms with Gasteiger partial charge in [0.2, 0.25) is 0 Å². The van der Waals surface area contributed by atoms with Gasteiger partial charge in [-0.2, -0.15) is 0 Å². The number of hydrogen-bond acceptors (Lipinski definition) is 4. The largest absolute Gasteiger partial charge is 0.325 e. The van der Waals surface area contributed by atoms with Crippen LogP contribution in [0.5, 0.6) is 0 Å². The third-order valence-electron chi connectivity index (χ3n) is 5.00. The number of nitrogens with zero attached hydrogens (tertiary/aromatic N) is 1. The van der Waals surface area contributed by atoms with Gasteiger partial charge in [-0.25, -0.2) is 4.98 Å². The van der Waals surface area contributed by atoms with Gasteiger partial charge in [0.05, 0.1) is 12.4 Å². The zero-order valence-corrected chi connectivity index (χ0v) is 17.2. The molecule has 0 saturated heterocycles. The Hall–Kier alpha value is -2.28. The van der Waals surface area contributed by atoms with Crippen molar-refractivity contribution in [1.29, 1.82) is 0 Å². The number of quaternary nitrogens is 1. The lowest BCUT2D eigenvalue weighted by Crippen LogP contribution is -3.07. The monoisotopic (exact) mass is 396 g/mol. The lowest BCUT2D eigenvalue weighted by molar-refractivity contribution is -0.924. The Labute approximate surface area is 166 Å². The summed E-state index contributed by atoms with van der Waals surface area (Å²) < 4.78 is 0. The Morgan fingerprint density at radius 1 is 1.19 bits per heavy atom. The Morgan fingerprint density at radius 3 is 2.67 bits per heavy atom. The van der Waals surface area contributed by atoms with Crippen molar-refractivity contribution in [2.24, 2.45) is 0 Å². The highest BCUT2D eigenvalue weighted by molar-refractivity contribution is 7.18. The number of nitrogens with one attached hydrogen (secondary N) is 2. The first-order chi connectivity index (χ1) is 13.0. The van der Waals surface area contributed by atoms with Crippen molar-refractivity contribution in [2.45, 2.75) is 26.4 Å².